The Labute approximate surface area is 96.8 Å². The number of carbonyl (C=O) groups excluding carboxylic acids is 1. The van der Waals surface area contributed by atoms with Crippen LogP contribution in [0.5, 0.6) is 0 Å². The third-order valence-electron chi connectivity index (χ3n) is 1.98. The first-order chi connectivity index (χ1) is 7.65. The molecule has 0 aliphatic rings. The van der Waals surface area contributed by atoms with Gasteiger partial charge in [-0.05, 0) is 23.8 Å². The lowest BCUT2D eigenvalue weighted by Crippen LogP contribution is -2.05. The number of fused-ring (bicyclic) bond motifs is 1. The summed E-state index contributed by atoms with van der Waals surface area (Å²) >= 11 is 5.73. The summed E-state index contributed by atoms with van der Waals surface area (Å²) in [5.74, 6) is -0.489. The van der Waals surface area contributed by atoms with E-state index in [4.69, 9.17) is 17.3 Å². The monoisotopic (exact) mass is 233 g/mol. The van der Waals surface area contributed by atoms with E-state index in [1.165, 1.54) is 12.3 Å². The molecule has 0 aliphatic carbocycles. The number of halogens is 1. The van der Waals surface area contributed by atoms with Gasteiger partial charge in [-0.25, -0.2) is 4.98 Å². The van der Waals surface area contributed by atoms with Gasteiger partial charge < -0.3 is 5.73 Å². The van der Waals surface area contributed by atoms with Crippen LogP contribution in [0.1, 0.15) is 5.56 Å². The molecule has 0 saturated carbocycles. The number of nitrogens with zero attached hydrogens (tertiary/aromatic N) is 2. The molecule has 80 valence electrons. The maximum absolute atomic E-state index is 10.6. The number of benzene rings is 1. The lowest BCUT2D eigenvalue weighted by molar-refractivity contribution is -0.113. The highest BCUT2D eigenvalue weighted by Gasteiger charge is 1.98. The maximum atomic E-state index is 10.6. The van der Waals surface area contributed by atoms with E-state index in [2.05, 4.69) is 9.97 Å². The molecular formula is C11H8ClN3O. The zero-order chi connectivity index (χ0) is 11.5. The van der Waals surface area contributed by atoms with Gasteiger partial charge >= 0.3 is 0 Å². The summed E-state index contributed by atoms with van der Waals surface area (Å²) in [4.78, 5) is 18.8. The van der Waals surface area contributed by atoms with Gasteiger partial charge in [-0.1, -0.05) is 17.7 Å². The van der Waals surface area contributed by atoms with Crippen molar-refractivity contribution in [2.75, 3.05) is 0 Å². The summed E-state index contributed by atoms with van der Waals surface area (Å²) in [6, 6.07) is 5.41. The van der Waals surface area contributed by atoms with Crippen molar-refractivity contribution in [1.82, 2.24) is 9.97 Å². The molecule has 0 bridgehead atoms. The largest absolute Gasteiger partial charge is 0.366 e. The average molecular weight is 234 g/mol. The van der Waals surface area contributed by atoms with Crippen molar-refractivity contribution in [2.45, 2.75) is 0 Å². The number of aromatic nitrogens is 2. The van der Waals surface area contributed by atoms with Crippen LogP contribution in [-0.4, -0.2) is 15.9 Å². The molecular weight excluding hydrogens is 226 g/mol. The molecule has 5 heteroatoms. The molecule has 1 aromatic heterocycles. The van der Waals surface area contributed by atoms with Gasteiger partial charge in [0.1, 0.15) is 5.15 Å². The molecule has 0 atom stereocenters. The van der Waals surface area contributed by atoms with Gasteiger partial charge in [0.15, 0.2) is 0 Å². The van der Waals surface area contributed by atoms with E-state index in [-0.39, 0.29) is 0 Å². The smallest absolute Gasteiger partial charge is 0.241 e. The van der Waals surface area contributed by atoms with Crippen molar-refractivity contribution in [2.24, 2.45) is 5.73 Å². The predicted octanol–water partition coefficient (Wildman–Crippen LogP) is 1.78. The van der Waals surface area contributed by atoms with Gasteiger partial charge in [0.05, 0.1) is 17.2 Å². The quantitative estimate of drug-likeness (QED) is 0.804. The fourth-order valence-electron chi connectivity index (χ4n) is 1.29. The first kappa shape index (κ1) is 10.6. The minimum Gasteiger partial charge on any atom is -0.366 e. The molecule has 0 saturated heterocycles. The van der Waals surface area contributed by atoms with Gasteiger partial charge in [-0.2, -0.15) is 0 Å². The molecule has 2 rings (SSSR count). The first-order valence-electron chi connectivity index (χ1n) is 4.55. The molecule has 0 spiro atoms. The number of hydrogen-bond acceptors (Lipinski definition) is 3. The van der Waals surface area contributed by atoms with Crippen molar-refractivity contribution < 1.29 is 4.79 Å². The molecule has 1 amide bonds. The Kier molecular flexibility index (Phi) is 2.83. The summed E-state index contributed by atoms with van der Waals surface area (Å²) in [5, 5.41) is 0.337. The third kappa shape index (κ3) is 2.35. The Hall–Kier alpha value is -1.94. The fourth-order valence-corrected chi connectivity index (χ4v) is 1.43. The molecule has 0 fully saturated rings. The third-order valence-corrected chi connectivity index (χ3v) is 2.16. The molecule has 2 aromatic rings. The van der Waals surface area contributed by atoms with E-state index < -0.39 is 5.91 Å². The van der Waals surface area contributed by atoms with Crippen molar-refractivity contribution >= 4 is 34.6 Å². The molecule has 0 aliphatic heterocycles. The molecule has 1 heterocycles. The van der Waals surface area contributed by atoms with Crippen molar-refractivity contribution in [1.29, 1.82) is 0 Å². The molecule has 0 radical (unpaired) electrons. The molecule has 1 aromatic carbocycles. The summed E-state index contributed by atoms with van der Waals surface area (Å²) in [5.41, 5.74) is 7.25. The van der Waals surface area contributed by atoms with Crippen LogP contribution in [-0.2, 0) is 4.79 Å². The number of primary amides is 1. The topological polar surface area (TPSA) is 68.9 Å². The maximum Gasteiger partial charge on any atom is 0.241 e. The predicted molar refractivity (Wildman–Crippen MR) is 62.8 cm³/mol. The Balaban J connectivity index is 2.46. The van der Waals surface area contributed by atoms with Gasteiger partial charge in [-0.3, -0.25) is 9.78 Å². The van der Waals surface area contributed by atoms with Crippen LogP contribution in [0.25, 0.3) is 17.1 Å². The lowest BCUT2D eigenvalue weighted by Gasteiger charge is -1.98. The van der Waals surface area contributed by atoms with Crippen LogP contribution in [0.3, 0.4) is 0 Å². The van der Waals surface area contributed by atoms with Crippen LogP contribution in [0.4, 0.5) is 0 Å². The minimum absolute atomic E-state index is 0.337. The van der Waals surface area contributed by atoms with Crippen LogP contribution < -0.4 is 5.73 Å². The van der Waals surface area contributed by atoms with Crippen molar-refractivity contribution in [3.05, 3.63) is 41.2 Å². The Morgan fingerprint density at radius 3 is 2.94 bits per heavy atom. The highest BCUT2D eigenvalue weighted by Crippen LogP contribution is 2.15. The van der Waals surface area contributed by atoms with Gasteiger partial charge in [0.25, 0.3) is 0 Å². The number of carbonyl (C=O) groups is 1. The van der Waals surface area contributed by atoms with Gasteiger partial charge in [-0.15, -0.1) is 0 Å². The molecule has 16 heavy (non-hydrogen) atoms. The fraction of sp³-hybridized carbons (Fsp3) is 0. The number of nitrogens with two attached hydrogens (primary N) is 1. The summed E-state index contributed by atoms with van der Waals surface area (Å²) in [6.07, 6.45) is 4.40. The standard InChI is InChI=1S/C11H8ClN3O/c12-10-6-14-8-3-1-7(2-4-11(13)16)5-9(8)15-10/h1-6H,(H2,13,16). The summed E-state index contributed by atoms with van der Waals surface area (Å²) in [7, 11) is 0. The van der Waals surface area contributed by atoms with Crippen LogP contribution in [0.15, 0.2) is 30.5 Å². The minimum atomic E-state index is -0.489. The summed E-state index contributed by atoms with van der Waals surface area (Å²) in [6.45, 7) is 0. The second-order valence-electron chi connectivity index (χ2n) is 3.18. The van der Waals surface area contributed by atoms with E-state index in [0.29, 0.717) is 10.7 Å². The average Bonchev–Trinajstić information content (AvgIpc) is 2.25. The van der Waals surface area contributed by atoms with Crippen molar-refractivity contribution in [3.8, 4) is 0 Å². The number of hydrogen-bond donors (Lipinski definition) is 1. The normalized spacial score (nSPS) is 11.1. The molecule has 2 N–H and O–H groups in total. The Bertz CT molecular complexity index is 580. The molecule has 0 unspecified atom stereocenters. The highest BCUT2D eigenvalue weighted by atomic mass is 35.5. The number of rotatable bonds is 2. The first-order valence-corrected chi connectivity index (χ1v) is 4.93. The van der Waals surface area contributed by atoms with E-state index in [1.54, 1.807) is 18.2 Å². The van der Waals surface area contributed by atoms with Gasteiger partial charge in [0, 0.05) is 6.08 Å². The Morgan fingerprint density at radius 2 is 2.19 bits per heavy atom. The van der Waals surface area contributed by atoms with Crippen LogP contribution in [0.2, 0.25) is 5.15 Å². The second kappa shape index (κ2) is 4.28. The zero-order valence-corrected chi connectivity index (χ0v) is 8.98. The SMILES string of the molecule is NC(=O)C=Cc1ccc2ncc(Cl)nc2c1. The highest BCUT2D eigenvalue weighted by molar-refractivity contribution is 6.29. The summed E-state index contributed by atoms with van der Waals surface area (Å²) < 4.78 is 0. The van der Waals surface area contributed by atoms with E-state index in [1.807, 2.05) is 6.07 Å². The lowest BCUT2D eigenvalue weighted by atomic mass is 10.2. The Morgan fingerprint density at radius 1 is 1.38 bits per heavy atom. The van der Waals surface area contributed by atoms with Crippen LogP contribution >= 0.6 is 11.6 Å². The number of amides is 1. The van der Waals surface area contributed by atoms with E-state index in [0.717, 1.165) is 11.1 Å². The molecule has 4 nitrogen and oxygen atoms in total. The zero-order valence-electron chi connectivity index (χ0n) is 8.22. The van der Waals surface area contributed by atoms with E-state index >= 15 is 0 Å². The van der Waals surface area contributed by atoms with Gasteiger partial charge in [0.2, 0.25) is 5.91 Å². The van der Waals surface area contributed by atoms with Crippen molar-refractivity contribution in [3.63, 3.8) is 0 Å². The van der Waals surface area contributed by atoms with E-state index in [9.17, 15) is 4.79 Å². The second-order valence-corrected chi connectivity index (χ2v) is 3.56. The van der Waals surface area contributed by atoms with Crippen LogP contribution in [0, 0.1) is 0 Å².